The third-order valence-electron chi connectivity index (χ3n) is 7.94. The summed E-state index contributed by atoms with van der Waals surface area (Å²) in [5.74, 6) is 0.148. The van der Waals surface area contributed by atoms with Crippen LogP contribution in [0.2, 0.25) is 0 Å². The van der Waals surface area contributed by atoms with Gasteiger partial charge in [0, 0.05) is 38.4 Å². The van der Waals surface area contributed by atoms with Crippen LogP contribution in [0.4, 0.5) is 0 Å². The van der Waals surface area contributed by atoms with Gasteiger partial charge in [0.25, 0.3) is 5.56 Å². The molecule has 37 heavy (non-hydrogen) atoms. The van der Waals surface area contributed by atoms with Gasteiger partial charge in [-0.15, -0.1) is 0 Å². The molecule has 7 heteroatoms. The van der Waals surface area contributed by atoms with Gasteiger partial charge < -0.3 is 9.64 Å². The Morgan fingerprint density at radius 3 is 2.27 bits per heavy atom. The summed E-state index contributed by atoms with van der Waals surface area (Å²) in [7, 11) is 1.91. The Hall–Kier alpha value is -3.16. The highest BCUT2D eigenvalue weighted by Gasteiger charge is 2.34. The smallest absolute Gasteiger partial charge is 0.276 e. The van der Waals surface area contributed by atoms with Crippen LogP contribution in [0, 0.1) is 6.92 Å². The molecule has 2 heterocycles. The van der Waals surface area contributed by atoms with Crippen LogP contribution in [-0.2, 0) is 29.7 Å². The number of hydrogen-bond donors (Lipinski definition) is 0. The molecular weight excluding hydrogens is 464 g/mol. The molecule has 1 aliphatic heterocycles. The SMILES string of the molecule is Cc1c(CN2CC(=O)N(C3CCCCC3)C[C@H](OCc3ccccc3)C2)c(=O)n(-c2ccccc2)n1C. The second-order valence-electron chi connectivity index (χ2n) is 10.5. The van der Waals surface area contributed by atoms with Crippen molar-refractivity contribution in [1.82, 2.24) is 19.2 Å². The number of hydrogen-bond acceptors (Lipinski definition) is 4. The van der Waals surface area contributed by atoms with Gasteiger partial charge in [-0.25, -0.2) is 4.68 Å². The van der Waals surface area contributed by atoms with Gasteiger partial charge in [-0.05, 0) is 37.5 Å². The number of amides is 1. The van der Waals surface area contributed by atoms with Gasteiger partial charge in [-0.3, -0.25) is 19.2 Å². The summed E-state index contributed by atoms with van der Waals surface area (Å²) in [6.45, 7) is 4.44. The lowest BCUT2D eigenvalue weighted by molar-refractivity contribution is -0.135. The fourth-order valence-electron chi connectivity index (χ4n) is 5.80. The first-order valence-electron chi connectivity index (χ1n) is 13.5. The number of benzene rings is 2. The zero-order valence-electron chi connectivity index (χ0n) is 22.0. The largest absolute Gasteiger partial charge is 0.370 e. The average Bonchev–Trinajstić information content (AvgIpc) is 3.04. The molecule has 0 radical (unpaired) electrons. The van der Waals surface area contributed by atoms with Crippen molar-refractivity contribution in [1.29, 1.82) is 0 Å². The minimum Gasteiger partial charge on any atom is -0.370 e. The Morgan fingerprint density at radius 2 is 1.57 bits per heavy atom. The van der Waals surface area contributed by atoms with E-state index >= 15 is 0 Å². The third kappa shape index (κ3) is 5.73. The van der Waals surface area contributed by atoms with E-state index in [0.29, 0.717) is 32.8 Å². The molecule has 196 valence electrons. The van der Waals surface area contributed by atoms with Crippen LogP contribution in [0.3, 0.4) is 0 Å². The van der Waals surface area contributed by atoms with E-state index in [-0.39, 0.29) is 23.6 Å². The van der Waals surface area contributed by atoms with Crippen molar-refractivity contribution in [3.63, 3.8) is 0 Å². The number of nitrogens with zero attached hydrogens (tertiary/aromatic N) is 4. The predicted octanol–water partition coefficient (Wildman–Crippen LogP) is 4.05. The van der Waals surface area contributed by atoms with E-state index < -0.39 is 0 Å². The number of carbonyl (C=O) groups is 1. The maximum absolute atomic E-state index is 13.5. The monoisotopic (exact) mass is 502 g/mol. The fraction of sp³-hybridized carbons (Fsp3) is 0.467. The summed E-state index contributed by atoms with van der Waals surface area (Å²) in [6, 6.07) is 20.2. The van der Waals surface area contributed by atoms with Gasteiger partial charge in [-0.2, -0.15) is 0 Å². The van der Waals surface area contributed by atoms with Gasteiger partial charge in [0.05, 0.1) is 30.5 Å². The lowest BCUT2D eigenvalue weighted by Crippen LogP contribution is -2.45. The minimum atomic E-state index is -0.117. The quantitative estimate of drug-likeness (QED) is 0.489. The molecule has 1 aliphatic carbocycles. The summed E-state index contributed by atoms with van der Waals surface area (Å²) in [6.07, 6.45) is 5.62. The molecule has 0 N–H and O–H groups in total. The highest BCUT2D eigenvalue weighted by atomic mass is 16.5. The first-order valence-corrected chi connectivity index (χ1v) is 13.5. The Morgan fingerprint density at radius 1 is 0.892 bits per heavy atom. The molecule has 1 saturated carbocycles. The number of rotatable bonds is 7. The summed E-state index contributed by atoms with van der Waals surface area (Å²) in [5, 5.41) is 0. The van der Waals surface area contributed by atoms with Crippen molar-refractivity contribution in [2.75, 3.05) is 19.6 Å². The molecule has 0 unspecified atom stereocenters. The Balaban J connectivity index is 1.39. The van der Waals surface area contributed by atoms with E-state index in [2.05, 4.69) is 21.9 Å². The number of para-hydroxylation sites is 1. The zero-order chi connectivity index (χ0) is 25.8. The molecule has 1 amide bonds. The molecule has 1 aromatic heterocycles. The van der Waals surface area contributed by atoms with Gasteiger partial charge in [0.15, 0.2) is 0 Å². The first-order chi connectivity index (χ1) is 18.0. The van der Waals surface area contributed by atoms with Crippen LogP contribution in [0.25, 0.3) is 5.69 Å². The van der Waals surface area contributed by atoms with Crippen LogP contribution >= 0.6 is 0 Å². The van der Waals surface area contributed by atoms with E-state index in [1.807, 2.05) is 67.2 Å². The van der Waals surface area contributed by atoms with E-state index in [4.69, 9.17) is 4.74 Å². The van der Waals surface area contributed by atoms with Gasteiger partial charge in [0.1, 0.15) is 0 Å². The molecule has 0 spiro atoms. The van der Waals surface area contributed by atoms with Crippen molar-refractivity contribution >= 4 is 5.91 Å². The summed E-state index contributed by atoms with van der Waals surface area (Å²) in [5.41, 5.74) is 3.57. The zero-order valence-corrected chi connectivity index (χ0v) is 22.0. The highest BCUT2D eigenvalue weighted by molar-refractivity contribution is 5.79. The number of carbonyl (C=O) groups excluding carboxylic acids is 1. The number of aromatic nitrogens is 2. The fourth-order valence-corrected chi connectivity index (χ4v) is 5.80. The summed E-state index contributed by atoms with van der Waals surface area (Å²) < 4.78 is 10.0. The maximum Gasteiger partial charge on any atom is 0.276 e. The van der Waals surface area contributed by atoms with E-state index in [9.17, 15) is 9.59 Å². The summed E-state index contributed by atoms with van der Waals surface area (Å²) in [4.78, 5) is 31.3. The van der Waals surface area contributed by atoms with Crippen molar-refractivity contribution in [3.8, 4) is 5.69 Å². The van der Waals surface area contributed by atoms with Crippen molar-refractivity contribution in [2.24, 2.45) is 7.05 Å². The minimum absolute atomic E-state index is 0.0335. The molecule has 3 aromatic rings. The molecule has 5 rings (SSSR count). The molecular formula is C30H38N4O3. The van der Waals surface area contributed by atoms with Crippen LogP contribution in [0.1, 0.15) is 48.9 Å². The Labute approximate surface area is 219 Å². The average molecular weight is 503 g/mol. The van der Waals surface area contributed by atoms with Crippen molar-refractivity contribution in [2.45, 2.75) is 64.3 Å². The highest BCUT2D eigenvalue weighted by Crippen LogP contribution is 2.25. The molecule has 2 fully saturated rings. The molecule has 7 nitrogen and oxygen atoms in total. The molecule has 0 bridgehead atoms. The Kier molecular flexibility index (Phi) is 7.91. The third-order valence-corrected chi connectivity index (χ3v) is 7.94. The topological polar surface area (TPSA) is 59.7 Å². The Bertz CT molecular complexity index is 1250. The second kappa shape index (κ2) is 11.5. The van der Waals surface area contributed by atoms with Crippen LogP contribution < -0.4 is 5.56 Å². The van der Waals surface area contributed by atoms with E-state index in [1.54, 1.807) is 4.68 Å². The predicted molar refractivity (Wildman–Crippen MR) is 145 cm³/mol. The lowest BCUT2D eigenvalue weighted by atomic mass is 9.94. The van der Waals surface area contributed by atoms with Gasteiger partial charge in [0.2, 0.25) is 5.91 Å². The number of ether oxygens (including phenoxy) is 1. The van der Waals surface area contributed by atoms with Crippen molar-refractivity contribution < 1.29 is 9.53 Å². The maximum atomic E-state index is 13.5. The lowest BCUT2D eigenvalue weighted by Gasteiger charge is -2.35. The van der Waals surface area contributed by atoms with Crippen LogP contribution in [-0.4, -0.2) is 56.9 Å². The van der Waals surface area contributed by atoms with E-state index in [0.717, 1.165) is 35.3 Å². The molecule has 2 aromatic carbocycles. The van der Waals surface area contributed by atoms with Gasteiger partial charge in [-0.1, -0.05) is 67.8 Å². The van der Waals surface area contributed by atoms with E-state index in [1.165, 1.54) is 19.3 Å². The van der Waals surface area contributed by atoms with Gasteiger partial charge >= 0.3 is 0 Å². The molecule has 2 aliphatic rings. The van der Waals surface area contributed by atoms with Crippen molar-refractivity contribution in [3.05, 3.63) is 87.8 Å². The molecule has 1 saturated heterocycles. The molecule has 1 atom stereocenters. The standard InChI is InChI=1S/C30H38N4O3/c1-23-28(30(36)34(31(23)2)26-16-10-5-11-17-26)20-32-18-27(37-22-24-12-6-3-7-13-24)19-33(29(35)21-32)25-14-8-4-9-15-25/h3,5-7,10-13,16-17,25,27H,4,8-9,14-15,18-22H2,1-2H3/t27-/m1/s1. The normalized spacial score (nSPS) is 19.8. The van der Waals surface area contributed by atoms with Crippen LogP contribution in [0.15, 0.2) is 65.5 Å². The second-order valence-corrected chi connectivity index (χ2v) is 10.5. The first kappa shape index (κ1) is 25.5. The summed E-state index contributed by atoms with van der Waals surface area (Å²) >= 11 is 0. The van der Waals surface area contributed by atoms with Crippen LogP contribution in [0.5, 0.6) is 0 Å².